The molecule has 4 aromatic rings. The first-order valence-electron chi connectivity index (χ1n) is 14.3. The standard InChI is InChI=1S/C31H37N5O4S/c37-29(26-8-4-19-32-21-26)22-33-20-18-24-10-14-27(15-11-24)36-41(38,39)28-16-12-25(13-17-28)31-34-30(35-40-31)9-3-7-23-5-1-2-6-23/h4,8,10-17,19,21,23,29,33,36-37H,1-3,5-7,9,18,20,22H2. The van der Waals surface area contributed by atoms with Crippen LogP contribution < -0.4 is 10.0 Å². The molecule has 10 heteroatoms. The highest BCUT2D eigenvalue weighted by Crippen LogP contribution is 2.29. The second-order valence-corrected chi connectivity index (χ2v) is 12.3. The van der Waals surface area contributed by atoms with Gasteiger partial charge in [-0.15, -0.1) is 0 Å². The molecule has 0 bridgehead atoms. The highest BCUT2D eigenvalue weighted by molar-refractivity contribution is 7.92. The van der Waals surface area contributed by atoms with Crippen LogP contribution in [-0.2, 0) is 22.9 Å². The van der Waals surface area contributed by atoms with Gasteiger partial charge in [-0.25, -0.2) is 8.42 Å². The van der Waals surface area contributed by atoms with Crippen LogP contribution in [0.15, 0.2) is 82.5 Å². The first-order valence-corrected chi connectivity index (χ1v) is 15.8. The van der Waals surface area contributed by atoms with Crippen molar-refractivity contribution in [2.75, 3.05) is 17.8 Å². The van der Waals surface area contributed by atoms with Gasteiger partial charge in [0.1, 0.15) is 0 Å². The molecule has 2 aromatic carbocycles. The van der Waals surface area contributed by atoms with Crippen LogP contribution in [0.25, 0.3) is 11.5 Å². The van der Waals surface area contributed by atoms with E-state index in [0.29, 0.717) is 36.1 Å². The van der Waals surface area contributed by atoms with Crippen molar-refractivity contribution >= 4 is 15.7 Å². The van der Waals surface area contributed by atoms with Crippen molar-refractivity contribution in [2.45, 2.75) is 62.4 Å². The molecule has 1 atom stereocenters. The molecule has 1 saturated carbocycles. The largest absolute Gasteiger partial charge is 0.387 e. The number of nitrogens with zero attached hydrogens (tertiary/aromatic N) is 3. The van der Waals surface area contributed by atoms with Gasteiger partial charge in [-0.2, -0.15) is 4.98 Å². The van der Waals surface area contributed by atoms with Gasteiger partial charge in [0.25, 0.3) is 15.9 Å². The van der Waals surface area contributed by atoms with Crippen LogP contribution in [0.3, 0.4) is 0 Å². The molecule has 1 unspecified atom stereocenters. The Hall–Kier alpha value is -3.60. The van der Waals surface area contributed by atoms with Crippen molar-refractivity contribution in [3.05, 3.63) is 90.0 Å². The van der Waals surface area contributed by atoms with E-state index in [1.54, 1.807) is 54.9 Å². The minimum atomic E-state index is -3.76. The van der Waals surface area contributed by atoms with Crippen molar-refractivity contribution in [1.82, 2.24) is 20.4 Å². The van der Waals surface area contributed by atoms with Gasteiger partial charge in [-0.1, -0.05) is 55.5 Å². The topological polar surface area (TPSA) is 130 Å². The number of aliphatic hydroxyl groups is 1. The van der Waals surface area contributed by atoms with E-state index in [9.17, 15) is 13.5 Å². The van der Waals surface area contributed by atoms with Crippen LogP contribution in [0, 0.1) is 5.92 Å². The van der Waals surface area contributed by atoms with E-state index in [-0.39, 0.29) is 4.90 Å². The number of anilines is 1. The summed E-state index contributed by atoms with van der Waals surface area (Å²) in [6.07, 6.45) is 11.9. The number of hydrogen-bond acceptors (Lipinski definition) is 8. The highest BCUT2D eigenvalue weighted by atomic mass is 32.2. The molecule has 0 amide bonds. The van der Waals surface area contributed by atoms with Gasteiger partial charge in [0.2, 0.25) is 0 Å². The lowest BCUT2D eigenvalue weighted by molar-refractivity contribution is 0.174. The SMILES string of the molecule is O=S(=O)(Nc1ccc(CCNCC(O)c2cccnc2)cc1)c1ccc(-c2nc(CCCC3CCCC3)no2)cc1. The molecule has 0 radical (unpaired) electrons. The lowest BCUT2D eigenvalue weighted by atomic mass is 10.0. The summed E-state index contributed by atoms with van der Waals surface area (Å²) >= 11 is 0. The first kappa shape index (κ1) is 28.9. The molecule has 2 heterocycles. The van der Waals surface area contributed by atoms with Gasteiger partial charge < -0.3 is 14.9 Å². The van der Waals surface area contributed by atoms with Crippen LogP contribution in [-0.4, -0.2) is 41.7 Å². The highest BCUT2D eigenvalue weighted by Gasteiger charge is 2.17. The third kappa shape index (κ3) is 8.22. The van der Waals surface area contributed by atoms with E-state index in [1.807, 2.05) is 18.2 Å². The number of benzene rings is 2. The summed E-state index contributed by atoms with van der Waals surface area (Å²) in [7, 11) is -3.76. The molecule has 0 spiro atoms. The molecular weight excluding hydrogens is 538 g/mol. The van der Waals surface area contributed by atoms with Gasteiger partial charge in [0, 0.05) is 42.2 Å². The summed E-state index contributed by atoms with van der Waals surface area (Å²) in [5.74, 6) is 1.93. The number of rotatable bonds is 14. The summed E-state index contributed by atoms with van der Waals surface area (Å²) in [4.78, 5) is 8.67. The Bertz CT molecular complexity index is 1470. The number of nitrogens with one attached hydrogen (secondary N) is 2. The van der Waals surface area contributed by atoms with Gasteiger partial charge in [0.15, 0.2) is 5.82 Å². The van der Waals surface area contributed by atoms with Crippen LogP contribution in [0.1, 0.15) is 61.6 Å². The minimum absolute atomic E-state index is 0.151. The third-order valence-electron chi connectivity index (χ3n) is 7.57. The molecule has 1 fully saturated rings. The number of pyridine rings is 1. The molecule has 1 aliphatic rings. The molecule has 1 aliphatic carbocycles. The summed E-state index contributed by atoms with van der Waals surface area (Å²) < 4.78 is 34.0. The summed E-state index contributed by atoms with van der Waals surface area (Å²) in [6.45, 7) is 1.10. The van der Waals surface area contributed by atoms with Crippen molar-refractivity contribution in [3.8, 4) is 11.5 Å². The van der Waals surface area contributed by atoms with Crippen LogP contribution >= 0.6 is 0 Å². The van der Waals surface area contributed by atoms with E-state index in [4.69, 9.17) is 4.52 Å². The Kier molecular flexibility index (Phi) is 9.76. The van der Waals surface area contributed by atoms with Crippen LogP contribution in [0.2, 0.25) is 0 Å². The monoisotopic (exact) mass is 575 g/mol. The quantitative estimate of drug-likeness (QED) is 0.173. The summed E-state index contributed by atoms with van der Waals surface area (Å²) in [6, 6.07) is 17.4. The zero-order chi connectivity index (χ0) is 28.5. The van der Waals surface area contributed by atoms with Crippen molar-refractivity contribution in [1.29, 1.82) is 0 Å². The molecule has 41 heavy (non-hydrogen) atoms. The fourth-order valence-electron chi connectivity index (χ4n) is 5.21. The Morgan fingerprint density at radius 2 is 1.78 bits per heavy atom. The number of sulfonamides is 1. The molecule has 2 aromatic heterocycles. The van der Waals surface area contributed by atoms with E-state index < -0.39 is 16.1 Å². The molecule has 5 rings (SSSR count). The number of aryl methyl sites for hydroxylation is 1. The third-order valence-corrected chi connectivity index (χ3v) is 8.97. The van der Waals surface area contributed by atoms with Gasteiger partial charge >= 0.3 is 0 Å². The zero-order valence-corrected chi connectivity index (χ0v) is 23.9. The second kappa shape index (κ2) is 13.8. The zero-order valence-electron chi connectivity index (χ0n) is 23.1. The maximum Gasteiger partial charge on any atom is 0.261 e. The molecule has 0 aliphatic heterocycles. The van der Waals surface area contributed by atoms with Crippen LogP contribution in [0.4, 0.5) is 5.69 Å². The fourth-order valence-corrected chi connectivity index (χ4v) is 6.27. The Labute approximate surface area is 241 Å². The van der Waals surface area contributed by atoms with Gasteiger partial charge in [-0.05, 0) is 73.3 Å². The van der Waals surface area contributed by atoms with Crippen molar-refractivity contribution in [3.63, 3.8) is 0 Å². The maximum absolute atomic E-state index is 13.0. The maximum atomic E-state index is 13.0. The summed E-state index contributed by atoms with van der Waals surface area (Å²) in [5.41, 5.74) is 2.99. The van der Waals surface area contributed by atoms with E-state index in [0.717, 1.165) is 36.3 Å². The smallest absolute Gasteiger partial charge is 0.261 e. The lowest BCUT2D eigenvalue weighted by Crippen LogP contribution is -2.23. The fraction of sp³-hybridized carbons (Fsp3) is 0.387. The number of hydrogen-bond donors (Lipinski definition) is 3. The second-order valence-electron chi connectivity index (χ2n) is 10.6. The van der Waals surface area contributed by atoms with E-state index >= 15 is 0 Å². The molecule has 3 N–H and O–H groups in total. The minimum Gasteiger partial charge on any atom is -0.387 e. The van der Waals surface area contributed by atoms with Gasteiger partial charge in [0.05, 0.1) is 11.0 Å². The average Bonchev–Trinajstić information content (AvgIpc) is 3.69. The molecular formula is C31H37N5O4S. The molecule has 9 nitrogen and oxygen atoms in total. The Morgan fingerprint density at radius 3 is 2.51 bits per heavy atom. The van der Waals surface area contributed by atoms with Crippen molar-refractivity contribution < 1.29 is 18.0 Å². The lowest BCUT2D eigenvalue weighted by Gasteiger charge is -2.12. The Morgan fingerprint density at radius 1 is 1.00 bits per heavy atom. The molecule has 0 saturated heterocycles. The number of aliphatic hydroxyl groups excluding tert-OH is 1. The Balaban J connectivity index is 1.08. The average molecular weight is 576 g/mol. The normalized spacial score (nSPS) is 14.8. The molecule has 216 valence electrons. The number of aromatic nitrogens is 3. The van der Waals surface area contributed by atoms with Gasteiger partial charge in [-0.3, -0.25) is 9.71 Å². The predicted octanol–water partition coefficient (Wildman–Crippen LogP) is 5.31. The summed E-state index contributed by atoms with van der Waals surface area (Å²) in [5, 5.41) is 17.6. The van der Waals surface area contributed by atoms with E-state index in [1.165, 1.54) is 32.1 Å². The first-order chi connectivity index (χ1) is 20.0. The van der Waals surface area contributed by atoms with Crippen LogP contribution in [0.5, 0.6) is 0 Å². The van der Waals surface area contributed by atoms with E-state index in [2.05, 4.69) is 25.2 Å². The van der Waals surface area contributed by atoms with Crippen molar-refractivity contribution in [2.24, 2.45) is 5.92 Å². The predicted molar refractivity (Wildman–Crippen MR) is 158 cm³/mol.